The molecule has 2 fully saturated rings. The first kappa shape index (κ1) is 15.4. The molecule has 1 aromatic rings. The number of fused-ring (bicyclic) bond motifs is 3. The summed E-state index contributed by atoms with van der Waals surface area (Å²) in [6.07, 6.45) is 1.88. The molecular formula is C16H19BO5S. The molecule has 0 spiro atoms. The van der Waals surface area contributed by atoms with Crippen LogP contribution >= 0.6 is 11.8 Å². The van der Waals surface area contributed by atoms with E-state index in [1.54, 1.807) is 11.8 Å². The van der Waals surface area contributed by atoms with E-state index in [0.29, 0.717) is 16.6 Å². The van der Waals surface area contributed by atoms with Crippen molar-refractivity contribution in [3.63, 3.8) is 0 Å². The average Bonchev–Trinajstić information content (AvgIpc) is 3.13. The van der Waals surface area contributed by atoms with E-state index in [2.05, 4.69) is 6.92 Å². The third-order valence-corrected chi connectivity index (χ3v) is 6.50. The number of carbonyl (C=O) groups is 1. The molecule has 4 atom stereocenters. The van der Waals surface area contributed by atoms with Crippen molar-refractivity contribution in [1.82, 2.24) is 0 Å². The molecule has 3 aliphatic rings. The largest absolute Gasteiger partial charge is 0.535 e. The second-order valence-electron chi connectivity index (χ2n) is 6.62. The predicted molar refractivity (Wildman–Crippen MR) is 87.4 cm³/mol. The highest BCUT2D eigenvalue weighted by atomic mass is 32.2. The molecule has 0 amide bonds. The lowest BCUT2D eigenvalue weighted by Crippen LogP contribution is -2.27. The number of ether oxygens (including phenoxy) is 1. The molecule has 2 N–H and O–H groups in total. The maximum absolute atomic E-state index is 11.8. The van der Waals surface area contributed by atoms with Gasteiger partial charge in [-0.25, -0.2) is 4.79 Å². The first-order valence-corrected chi connectivity index (χ1v) is 8.93. The normalized spacial score (nSPS) is 29.5. The van der Waals surface area contributed by atoms with E-state index in [4.69, 9.17) is 9.39 Å². The zero-order valence-corrected chi connectivity index (χ0v) is 13.7. The summed E-state index contributed by atoms with van der Waals surface area (Å²) in [5.41, 5.74) is 1.13. The standard InChI is InChI=1S/C16H19BO5S/c1-8(9-4-5-21-7-9)23-13-3-2-10-11-6-12(11)17(20)22-15(10)14(13)16(18)19/h2-3,8-9,11-12,20H,4-7H2,1H3,(H,18,19)/t8-,9+,11+,12+/m1/s1. The van der Waals surface area contributed by atoms with Gasteiger partial charge in [-0.3, -0.25) is 0 Å². The minimum absolute atomic E-state index is 0.122. The van der Waals surface area contributed by atoms with Gasteiger partial charge < -0.3 is 19.5 Å². The minimum Gasteiger partial charge on any atom is -0.535 e. The van der Waals surface area contributed by atoms with Crippen LogP contribution in [-0.4, -0.2) is 41.7 Å². The van der Waals surface area contributed by atoms with E-state index in [0.717, 1.165) is 31.6 Å². The summed E-state index contributed by atoms with van der Waals surface area (Å²) in [5.74, 6) is 0.176. The lowest BCUT2D eigenvalue weighted by Gasteiger charge is -2.24. The van der Waals surface area contributed by atoms with Crippen molar-refractivity contribution in [1.29, 1.82) is 0 Å². The lowest BCUT2D eigenvalue weighted by molar-refractivity contribution is 0.0690. The average molecular weight is 334 g/mol. The van der Waals surface area contributed by atoms with E-state index in [1.807, 2.05) is 12.1 Å². The summed E-state index contributed by atoms with van der Waals surface area (Å²) in [7, 11) is -0.883. The second kappa shape index (κ2) is 5.72. The molecule has 1 aliphatic carbocycles. The quantitative estimate of drug-likeness (QED) is 0.651. The molecule has 5 nitrogen and oxygen atoms in total. The van der Waals surface area contributed by atoms with E-state index >= 15 is 0 Å². The zero-order valence-electron chi connectivity index (χ0n) is 12.9. The van der Waals surface area contributed by atoms with Crippen LogP contribution in [0.25, 0.3) is 0 Å². The zero-order chi connectivity index (χ0) is 16.1. The number of rotatable bonds is 4. The Morgan fingerprint density at radius 2 is 2.30 bits per heavy atom. The van der Waals surface area contributed by atoms with E-state index in [1.165, 1.54) is 0 Å². The molecule has 1 saturated carbocycles. The number of carboxylic acids is 1. The molecule has 0 radical (unpaired) electrons. The van der Waals surface area contributed by atoms with Gasteiger partial charge in [0, 0.05) is 22.6 Å². The minimum atomic E-state index is -0.995. The van der Waals surface area contributed by atoms with Crippen molar-refractivity contribution in [2.24, 2.45) is 5.92 Å². The number of benzene rings is 1. The van der Waals surface area contributed by atoms with Gasteiger partial charge in [-0.15, -0.1) is 11.8 Å². The van der Waals surface area contributed by atoms with Gasteiger partial charge in [0.05, 0.1) is 6.61 Å². The van der Waals surface area contributed by atoms with Gasteiger partial charge in [0.15, 0.2) is 0 Å². The molecule has 1 saturated heterocycles. The Labute approximate surface area is 139 Å². The molecule has 7 heteroatoms. The Kier molecular flexibility index (Phi) is 3.82. The Hall–Kier alpha value is -1.18. The third-order valence-electron chi connectivity index (χ3n) is 5.15. The Balaban J connectivity index is 1.67. The van der Waals surface area contributed by atoms with Gasteiger partial charge in [0.1, 0.15) is 11.3 Å². The summed E-state index contributed by atoms with van der Waals surface area (Å²) in [6.45, 7) is 3.63. The van der Waals surface area contributed by atoms with Crippen LogP contribution in [0.15, 0.2) is 17.0 Å². The lowest BCUT2D eigenvalue weighted by atomic mass is 9.77. The molecule has 23 heavy (non-hydrogen) atoms. The van der Waals surface area contributed by atoms with Crippen molar-refractivity contribution in [3.05, 3.63) is 23.3 Å². The molecule has 2 aliphatic heterocycles. The summed E-state index contributed by atoms with van der Waals surface area (Å²) < 4.78 is 11.0. The van der Waals surface area contributed by atoms with Crippen molar-refractivity contribution in [2.45, 2.75) is 41.6 Å². The topological polar surface area (TPSA) is 76.0 Å². The first-order chi connectivity index (χ1) is 11.1. The van der Waals surface area contributed by atoms with Crippen molar-refractivity contribution in [3.8, 4) is 5.75 Å². The van der Waals surface area contributed by atoms with E-state index < -0.39 is 13.1 Å². The Morgan fingerprint density at radius 1 is 1.48 bits per heavy atom. The Bertz CT molecular complexity index is 646. The second-order valence-corrected chi connectivity index (χ2v) is 8.04. The van der Waals surface area contributed by atoms with Crippen LogP contribution in [0.1, 0.15) is 41.6 Å². The van der Waals surface area contributed by atoms with Crippen LogP contribution in [0.2, 0.25) is 5.82 Å². The van der Waals surface area contributed by atoms with Crippen molar-refractivity contribution < 1.29 is 24.3 Å². The monoisotopic (exact) mass is 334 g/mol. The van der Waals surface area contributed by atoms with Crippen LogP contribution in [0, 0.1) is 5.92 Å². The van der Waals surface area contributed by atoms with Gasteiger partial charge >= 0.3 is 13.1 Å². The molecule has 122 valence electrons. The van der Waals surface area contributed by atoms with Crippen molar-refractivity contribution in [2.75, 3.05) is 13.2 Å². The summed E-state index contributed by atoms with van der Waals surface area (Å²) in [5, 5.41) is 19.9. The SMILES string of the molecule is C[C@@H](Sc1ccc2c(c1C(=O)O)OB(O)[C@H]1C[C@@H]21)[C@H]1CCOC1. The maximum Gasteiger partial charge on any atom is 0.526 e. The summed E-state index contributed by atoms with van der Waals surface area (Å²) >= 11 is 1.56. The molecular weight excluding hydrogens is 315 g/mol. The fraction of sp³-hybridized carbons (Fsp3) is 0.562. The van der Waals surface area contributed by atoms with Gasteiger partial charge in [0.2, 0.25) is 0 Å². The van der Waals surface area contributed by atoms with Gasteiger partial charge in [-0.1, -0.05) is 13.0 Å². The summed E-state index contributed by atoms with van der Waals surface area (Å²) in [4.78, 5) is 12.5. The molecule has 0 aromatic heterocycles. The van der Waals surface area contributed by atoms with Crippen LogP contribution in [0.3, 0.4) is 0 Å². The molecule has 1 aromatic carbocycles. The molecule has 4 rings (SSSR count). The number of hydrogen-bond acceptors (Lipinski definition) is 5. The molecule has 0 bridgehead atoms. The van der Waals surface area contributed by atoms with E-state index in [9.17, 15) is 14.9 Å². The highest BCUT2D eigenvalue weighted by Crippen LogP contribution is 2.60. The predicted octanol–water partition coefficient (Wildman–Crippen LogP) is 2.63. The Morgan fingerprint density at radius 3 is 3.00 bits per heavy atom. The number of hydrogen-bond donors (Lipinski definition) is 2. The van der Waals surface area contributed by atoms with Gasteiger partial charge in [0.25, 0.3) is 0 Å². The summed E-state index contributed by atoms with van der Waals surface area (Å²) in [6, 6.07) is 3.87. The number of thioether (sulfide) groups is 1. The highest BCUT2D eigenvalue weighted by molar-refractivity contribution is 8.00. The van der Waals surface area contributed by atoms with Gasteiger partial charge in [-0.05, 0) is 36.3 Å². The highest BCUT2D eigenvalue weighted by Gasteiger charge is 2.54. The van der Waals surface area contributed by atoms with Crippen molar-refractivity contribution >= 4 is 24.8 Å². The van der Waals surface area contributed by atoms with Crippen LogP contribution in [0.4, 0.5) is 0 Å². The number of aromatic carboxylic acids is 1. The fourth-order valence-electron chi connectivity index (χ4n) is 3.62. The van der Waals surface area contributed by atoms with Crippen LogP contribution in [-0.2, 0) is 4.74 Å². The smallest absolute Gasteiger partial charge is 0.526 e. The third kappa shape index (κ3) is 2.64. The number of carboxylic acid groups (broad SMARTS) is 1. The first-order valence-electron chi connectivity index (χ1n) is 8.05. The fourth-order valence-corrected chi connectivity index (χ4v) is 4.87. The molecule has 2 heterocycles. The van der Waals surface area contributed by atoms with Gasteiger partial charge in [-0.2, -0.15) is 0 Å². The van der Waals surface area contributed by atoms with Crippen LogP contribution < -0.4 is 4.65 Å². The van der Waals surface area contributed by atoms with Crippen LogP contribution in [0.5, 0.6) is 5.75 Å². The maximum atomic E-state index is 11.8. The molecule has 0 unspecified atom stereocenters. The van der Waals surface area contributed by atoms with E-state index in [-0.39, 0.29) is 22.5 Å².